The topological polar surface area (TPSA) is 97.2 Å². The summed E-state index contributed by atoms with van der Waals surface area (Å²) in [5, 5.41) is 16.4. The number of aromatic nitrogens is 1. The fourth-order valence-electron chi connectivity index (χ4n) is 1.92. The van der Waals surface area contributed by atoms with Crippen molar-refractivity contribution in [1.29, 1.82) is 0 Å². The highest BCUT2D eigenvalue weighted by Crippen LogP contribution is 2.27. The third kappa shape index (κ3) is 3.33. The predicted molar refractivity (Wildman–Crippen MR) is 78.1 cm³/mol. The van der Waals surface area contributed by atoms with E-state index in [1.54, 1.807) is 37.6 Å². The second-order valence-electron chi connectivity index (χ2n) is 4.24. The van der Waals surface area contributed by atoms with Gasteiger partial charge in [0.2, 0.25) is 0 Å². The van der Waals surface area contributed by atoms with E-state index in [-0.39, 0.29) is 22.8 Å². The van der Waals surface area contributed by atoms with Gasteiger partial charge < -0.3 is 10.6 Å². The summed E-state index contributed by atoms with van der Waals surface area (Å²) in [6.07, 6.45) is 3.27. The average molecular weight is 286 g/mol. The van der Waals surface area contributed by atoms with Crippen molar-refractivity contribution in [3.63, 3.8) is 0 Å². The van der Waals surface area contributed by atoms with Gasteiger partial charge in [-0.25, -0.2) is 0 Å². The molecule has 2 N–H and O–H groups in total. The molecule has 2 aromatic rings. The molecule has 1 aromatic heterocycles. The van der Waals surface area contributed by atoms with E-state index in [9.17, 15) is 14.9 Å². The van der Waals surface area contributed by atoms with Crippen molar-refractivity contribution in [2.45, 2.75) is 6.54 Å². The van der Waals surface area contributed by atoms with Gasteiger partial charge >= 0.3 is 0 Å². The molecule has 0 fully saturated rings. The van der Waals surface area contributed by atoms with Crippen LogP contribution in [0, 0.1) is 10.1 Å². The van der Waals surface area contributed by atoms with E-state index in [0.717, 1.165) is 5.56 Å². The Balaban J connectivity index is 2.19. The van der Waals surface area contributed by atoms with Crippen molar-refractivity contribution >= 4 is 17.3 Å². The lowest BCUT2D eigenvalue weighted by molar-refractivity contribution is -0.384. The van der Waals surface area contributed by atoms with Crippen LogP contribution in [0.1, 0.15) is 15.9 Å². The molecule has 0 aliphatic rings. The van der Waals surface area contributed by atoms with Crippen molar-refractivity contribution in [2.75, 3.05) is 12.4 Å². The molecule has 0 spiro atoms. The Hall–Kier alpha value is -2.96. The van der Waals surface area contributed by atoms with Gasteiger partial charge in [0.25, 0.3) is 11.6 Å². The third-order valence-corrected chi connectivity index (χ3v) is 2.94. The number of pyridine rings is 1. The van der Waals surface area contributed by atoms with Crippen LogP contribution >= 0.6 is 0 Å². The summed E-state index contributed by atoms with van der Waals surface area (Å²) in [5.74, 6) is -0.375. The Morgan fingerprint density at radius 3 is 2.62 bits per heavy atom. The van der Waals surface area contributed by atoms with Crippen LogP contribution in [0.25, 0.3) is 0 Å². The fourth-order valence-corrected chi connectivity index (χ4v) is 1.92. The van der Waals surface area contributed by atoms with Crippen LogP contribution in [-0.4, -0.2) is 22.9 Å². The highest BCUT2D eigenvalue weighted by molar-refractivity contribution is 6.01. The number of hydrogen-bond donors (Lipinski definition) is 2. The minimum Gasteiger partial charge on any atom is -0.382 e. The van der Waals surface area contributed by atoms with Crippen molar-refractivity contribution < 1.29 is 9.72 Å². The smallest absolute Gasteiger partial charge is 0.293 e. The van der Waals surface area contributed by atoms with Gasteiger partial charge in [-0.2, -0.15) is 0 Å². The number of amides is 1. The van der Waals surface area contributed by atoms with E-state index in [1.807, 2.05) is 0 Å². The van der Waals surface area contributed by atoms with Crippen LogP contribution in [0.3, 0.4) is 0 Å². The lowest BCUT2D eigenvalue weighted by Crippen LogP contribution is -2.24. The SMILES string of the molecule is CNc1c(C(=O)NCc2ccncc2)cccc1[N+](=O)[O-]. The van der Waals surface area contributed by atoms with E-state index >= 15 is 0 Å². The van der Waals surface area contributed by atoms with Crippen LogP contribution < -0.4 is 10.6 Å². The lowest BCUT2D eigenvalue weighted by atomic mass is 10.1. The number of hydrogen-bond acceptors (Lipinski definition) is 5. The summed E-state index contributed by atoms with van der Waals surface area (Å²) in [6.45, 7) is 0.327. The standard InChI is InChI=1S/C14H14N4O3/c1-15-13-11(3-2-4-12(13)18(20)21)14(19)17-9-10-5-7-16-8-6-10/h2-8,15H,9H2,1H3,(H,17,19). The number of nitrogens with one attached hydrogen (secondary N) is 2. The van der Waals surface area contributed by atoms with Gasteiger partial charge in [-0.1, -0.05) is 6.07 Å². The van der Waals surface area contributed by atoms with Gasteiger partial charge in [0.05, 0.1) is 10.5 Å². The monoisotopic (exact) mass is 286 g/mol. The van der Waals surface area contributed by atoms with E-state index in [1.165, 1.54) is 12.1 Å². The largest absolute Gasteiger partial charge is 0.382 e. The van der Waals surface area contributed by atoms with Gasteiger partial charge in [-0.15, -0.1) is 0 Å². The van der Waals surface area contributed by atoms with Crippen molar-refractivity contribution in [2.24, 2.45) is 0 Å². The molecular formula is C14H14N4O3. The molecule has 2 rings (SSSR count). The Kier molecular flexibility index (Phi) is 4.45. The molecule has 0 aliphatic heterocycles. The molecule has 7 heteroatoms. The molecule has 21 heavy (non-hydrogen) atoms. The first-order valence-electron chi connectivity index (χ1n) is 6.25. The first-order valence-corrected chi connectivity index (χ1v) is 6.25. The van der Waals surface area contributed by atoms with E-state index in [4.69, 9.17) is 0 Å². The molecule has 1 heterocycles. The number of nitro groups is 1. The third-order valence-electron chi connectivity index (χ3n) is 2.94. The molecule has 1 aromatic carbocycles. The molecule has 0 unspecified atom stereocenters. The van der Waals surface area contributed by atoms with Crippen LogP contribution in [0.4, 0.5) is 11.4 Å². The van der Waals surface area contributed by atoms with Gasteiger partial charge in [0.1, 0.15) is 5.69 Å². The van der Waals surface area contributed by atoms with Crippen LogP contribution in [0.15, 0.2) is 42.7 Å². The summed E-state index contributed by atoms with van der Waals surface area (Å²) < 4.78 is 0. The minimum absolute atomic E-state index is 0.130. The maximum atomic E-state index is 12.2. The van der Waals surface area contributed by atoms with Crippen LogP contribution in [0.5, 0.6) is 0 Å². The number of benzene rings is 1. The molecule has 0 bridgehead atoms. The molecule has 0 saturated carbocycles. The predicted octanol–water partition coefficient (Wildman–Crippen LogP) is 1.96. The first-order chi connectivity index (χ1) is 10.1. The van der Waals surface area contributed by atoms with Gasteiger partial charge in [-0.05, 0) is 23.8 Å². The van der Waals surface area contributed by atoms with E-state index in [2.05, 4.69) is 15.6 Å². The Labute approximate surface area is 121 Å². The molecular weight excluding hydrogens is 272 g/mol. The molecule has 0 radical (unpaired) electrons. The maximum Gasteiger partial charge on any atom is 0.293 e. The Bertz CT molecular complexity index is 659. The Morgan fingerprint density at radius 2 is 2.00 bits per heavy atom. The lowest BCUT2D eigenvalue weighted by Gasteiger charge is -2.10. The Morgan fingerprint density at radius 1 is 1.29 bits per heavy atom. The van der Waals surface area contributed by atoms with Crippen LogP contribution in [-0.2, 0) is 6.54 Å². The summed E-state index contributed by atoms with van der Waals surface area (Å²) >= 11 is 0. The normalized spacial score (nSPS) is 9.95. The summed E-state index contributed by atoms with van der Waals surface area (Å²) in [6, 6.07) is 7.95. The molecule has 0 saturated heterocycles. The van der Waals surface area contributed by atoms with Crippen LogP contribution in [0.2, 0.25) is 0 Å². The number of nitrogens with zero attached hydrogens (tertiary/aromatic N) is 2. The highest BCUT2D eigenvalue weighted by atomic mass is 16.6. The van der Waals surface area contributed by atoms with Gasteiger partial charge in [0, 0.05) is 32.1 Å². The summed E-state index contributed by atoms with van der Waals surface area (Å²) in [4.78, 5) is 26.5. The number of anilines is 1. The zero-order chi connectivity index (χ0) is 15.2. The summed E-state index contributed by atoms with van der Waals surface area (Å²) in [7, 11) is 1.54. The molecule has 1 amide bonds. The number of rotatable bonds is 5. The first kappa shape index (κ1) is 14.4. The molecule has 108 valence electrons. The number of carbonyl (C=O) groups excluding carboxylic acids is 1. The number of carbonyl (C=O) groups is 1. The van der Waals surface area contributed by atoms with E-state index in [0.29, 0.717) is 6.54 Å². The maximum absolute atomic E-state index is 12.2. The molecule has 0 aliphatic carbocycles. The zero-order valence-corrected chi connectivity index (χ0v) is 11.4. The summed E-state index contributed by atoms with van der Waals surface area (Å²) in [5.41, 5.74) is 1.21. The number of nitro benzene ring substituents is 1. The fraction of sp³-hybridized carbons (Fsp3) is 0.143. The molecule has 7 nitrogen and oxygen atoms in total. The number of para-hydroxylation sites is 1. The van der Waals surface area contributed by atoms with Crippen molar-refractivity contribution in [3.8, 4) is 0 Å². The second kappa shape index (κ2) is 6.47. The van der Waals surface area contributed by atoms with Crippen molar-refractivity contribution in [1.82, 2.24) is 10.3 Å². The highest BCUT2D eigenvalue weighted by Gasteiger charge is 2.20. The minimum atomic E-state index is -0.522. The van der Waals surface area contributed by atoms with Crippen molar-refractivity contribution in [3.05, 3.63) is 64.0 Å². The second-order valence-corrected chi connectivity index (χ2v) is 4.24. The zero-order valence-electron chi connectivity index (χ0n) is 11.4. The molecule has 0 atom stereocenters. The van der Waals surface area contributed by atoms with E-state index < -0.39 is 4.92 Å². The average Bonchev–Trinajstić information content (AvgIpc) is 2.52. The van der Waals surface area contributed by atoms with Gasteiger partial charge in [-0.3, -0.25) is 19.9 Å². The van der Waals surface area contributed by atoms with Gasteiger partial charge in [0.15, 0.2) is 0 Å². The quantitative estimate of drug-likeness (QED) is 0.647.